The molecule has 0 spiro atoms. The van der Waals surface area contributed by atoms with Gasteiger partial charge in [0.15, 0.2) is 0 Å². The molecule has 3 aromatic rings. The highest BCUT2D eigenvalue weighted by Gasteiger charge is 2.24. The third kappa shape index (κ3) is 43.1. The van der Waals surface area contributed by atoms with Crippen LogP contribution in [0.3, 0.4) is 0 Å². The van der Waals surface area contributed by atoms with Crippen LogP contribution in [0.1, 0.15) is 383 Å². The Hall–Kier alpha value is -1.86. The van der Waals surface area contributed by atoms with Crippen molar-refractivity contribution in [1.29, 1.82) is 0 Å². The van der Waals surface area contributed by atoms with Crippen molar-refractivity contribution in [3.63, 3.8) is 0 Å². The molecule has 0 unspecified atom stereocenters. The smallest absolute Gasteiger partial charge is 0.136 e. The fourth-order valence-electron chi connectivity index (χ4n) is 12.4. The Labute approximate surface area is 650 Å². The van der Waals surface area contributed by atoms with Crippen molar-refractivity contribution in [2.24, 2.45) is 0 Å². The highest BCUT2D eigenvalue weighted by molar-refractivity contribution is 8.41. The van der Waals surface area contributed by atoms with Crippen LogP contribution in [0.4, 0.5) is 0 Å². The molecule has 5 rings (SSSR count). The lowest BCUT2D eigenvalue weighted by molar-refractivity contribution is 0.295. The molecule has 100 heavy (non-hydrogen) atoms. The molecule has 3 aromatic carbocycles. The summed E-state index contributed by atoms with van der Waals surface area (Å²) in [5.74, 6) is 20.9. The van der Waals surface area contributed by atoms with Gasteiger partial charge >= 0.3 is 0 Å². The molecule has 0 radical (unpaired) electrons. The molecule has 0 amide bonds. The van der Waals surface area contributed by atoms with E-state index in [2.05, 4.69) is 185 Å². The number of hydrogen-bond acceptors (Lipinski definition) is 10. The summed E-state index contributed by atoms with van der Waals surface area (Å²) in [6.45, 7) is 15.2. The van der Waals surface area contributed by atoms with E-state index >= 15 is 0 Å². The van der Waals surface area contributed by atoms with Crippen LogP contribution in [0, 0.1) is 23.7 Å². The van der Waals surface area contributed by atoms with Gasteiger partial charge in [0.05, 0.1) is 49.8 Å². The van der Waals surface area contributed by atoms with Gasteiger partial charge in [-0.05, 0) is 109 Å². The van der Waals surface area contributed by atoms with Gasteiger partial charge in [-0.1, -0.05) is 406 Å². The second-order valence-corrected chi connectivity index (χ2v) is 38.2. The van der Waals surface area contributed by atoms with Crippen LogP contribution in [0.15, 0.2) is 86.1 Å². The second-order valence-electron chi connectivity index (χ2n) is 28.0. The van der Waals surface area contributed by atoms with E-state index in [1.165, 1.54) is 355 Å². The van der Waals surface area contributed by atoms with Crippen LogP contribution in [-0.4, -0.2) is 36.2 Å². The van der Waals surface area contributed by atoms with Crippen molar-refractivity contribution >= 4 is 106 Å². The van der Waals surface area contributed by atoms with Gasteiger partial charge in [0, 0.05) is 23.3 Å². The zero-order chi connectivity index (χ0) is 70.7. The fraction of sp³-hybridized carbons (Fsp3) is 0.667. The van der Waals surface area contributed by atoms with Crippen molar-refractivity contribution in [3.05, 3.63) is 119 Å². The molecule has 2 nitrogen and oxygen atoms in total. The zero-order valence-corrected chi connectivity index (χ0v) is 70.7. The molecule has 558 valence electrons. The topological polar surface area (TPSA) is 18.5 Å². The summed E-state index contributed by atoms with van der Waals surface area (Å²) in [6, 6.07) is 22.1. The van der Waals surface area contributed by atoms with Crippen molar-refractivity contribution in [2.45, 2.75) is 350 Å². The van der Waals surface area contributed by atoms with Crippen molar-refractivity contribution in [1.82, 2.24) is 0 Å². The van der Waals surface area contributed by atoms with Gasteiger partial charge < -0.3 is 9.47 Å². The average Bonchev–Trinajstić information content (AvgIpc) is 0.909. The molecular weight excluding hydrogens is 1370 g/mol. The van der Waals surface area contributed by atoms with Gasteiger partial charge in [0.2, 0.25) is 0 Å². The number of ether oxygens (including phenoxy) is 2. The summed E-state index contributed by atoms with van der Waals surface area (Å²) in [5, 5.41) is 0. The first-order valence-corrected chi connectivity index (χ1v) is 48.5. The van der Waals surface area contributed by atoms with Crippen LogP contribution in [0.5, 0.6) is 11.5 Å². The molecule has 0 bridgehead atoms. The lowest BCUT2D eigenvalue weighted by Gasteiger charge is -2.14. The lowest BCUT2D eigenvalue weighted by atomic mass is 10.1. The Balaban J connectivity index is 1.33. The van der Waals surface area contributed by atoms with Gasteiger partial charge in [0.25, 0.3) is 0 Å². The van der Waals surface area contributed by atoms with E-state index in [0.29, 0.717) is 13.2 Å². The third-order valence-corrected chi connectivity index (χ3v) is 29.8. The van der Waals surface area contributed by atoms with Gasteiger partial charge in [-0.2, -0.15) is 0 Å². The molecule has 10 heteroatoms. The second kappa shape index (κ2) is 62.2. The predicted molar refractivity (Wildman–Crippen MR) is 468 cm³/mol. The molecule has 0 saturated heterocycles. The molecule has 0 atom stereocenters. The van der Waals surface area contributed by atoms with E-state index in [1.807, 2.05) is 47.0 Å². The Morgan fingerprint density at radius 2 is 0.490 bits per heavy atom. The Morgan fingerprint density at radius 3 is 0.730 bits per heavy atom. The number of hydrogen-bond donors (Lipinski definition) is 0. The summed E-state index contributed by atoms with van der Waals surface area (Å²) < 4.78 is 22.5. The molecule has 0 aliphatic carbocycles. The third-order valence-electron chi connectivity index (χ3n) is 18.7. The Kier molecular flexibility index (Phi) is 55.2. The maximum atomic E-state index is 6.78. The first kappa shape index (κ1) is 88.8. The summed E-state index contributed by atoms with van der Waals surface area (Å²) in [6.07, 6.45) is 68.8. The number of benzene rings is 3. The van der Waals surface area contributed by atoms with E-state index in [1.54, 1.807) is 0 Å². The van der Waals surface area contributed by atoms with Gasteiger partial charge in [-0.25, -0.2) is 0 Å². The molecule has 0 aromatic heterocycles. The lowest BCUT2D eigenvalue weighted by Crippen LogP contribution is -2.03. The predicted octanol–water partition coefficient (Wildman–Crippen LogP) is 32.8. The van der Waals surface area contributed by atoms with E-state index in [9.17, 15) is 0 Å². The summed E-state index contributed by atoms with van der Waals surface area (Å²) in [4.78, 5) is 0. The average molecular weight is 1510 g/mol. The minimum absolute atomic E-state index is 0.657. The highest BCUT2D eigenvalue weighted by atomic mass is 32.3. The van der Waals surface area contributed by atoms with Crippen LogP contribution in [-0.2, 0) is 0 Å². The molecule has 0 saturated carbocycles. The summed E-state index contributed by atoms with van der Waals surface area (Å²) in [7, 11) is 0. The van der Waals surface area contributed by atoms with Crippen molar-refractivity contribution in [2.75, 3.05) is 36.2 Å². The largest absolute Gasteiger partial charge is 0.492 e. The first-order valence-electron chi connectivity index (χ1n) is 41.3. The van der Waals surface area contributed by atoms with E-state index < -0.39 is 0 Å². The normalized spacial score (nSPS) is 13.0. The quantitative estimate of drug-likeness (QED) is 0.0400. The van der Waals surface area contributed by atoms with Crippen LogP contribution in [0.25, 0.3) is 12.2 Å². The molecule has 0 fully saturated rings. The maximum Gasteiger partial charge on any atom is 0.136 e. The SMILES string of the molecule is CCCCCCCCCCOc1cc(C#Cc2ccc(C=C3SC(SCCCCCCCCCC)=C(SCCCCCCCCCC)S3)cc2)c(OCCCCCCCCCC)cc1C#Cc1ccc(C=C2SC(SCCCCCCCCCC)=C(SCCCCCCCCCC)S2)cc1. The van der Waals surface area contributed by atoms with Gasteiger partial charge in [0.1, 0.15) is 11.5 Å². The number of rotatable bonds is 62. The zero-order valence-electron chi connectivity index (χ0n) is 64.2. The van der Waals surface area contributed by atoms with Crippen molar-refractivity contribution in [3.8, 4) is 35.2 Å². The molecular formula is C90H138O2S8. The van der Waals surface area contributed by atoms with Crippen molar-refractivity contribution < 1.29 is 9.47 Å². The molecule has 2 heterocycles. The molecule has 0 N–H and O–H groups in total. The van der Waals surface area contributed by atoms with Gasteiger partial charge in [-0.3, -0.25) is 0 Å². The van der Waals surface area contributed by atoms with Gasteiger partial charge in [-0.15, -0.1) is 47.0 Å². The maximum absolute atomic E-state index is 6.78. The summed E-state index contributed by atoms with van der Waals surface area (Å²) >= 11 is 16.5. The highest BCUT2D eigenvalue weighted by Crippen LogP contribution is 2.59. The van der Waals surface area contributed by atoms with Crippen LogP contribution < -0.4 is 9.47 Å². The number of thioether (sulfide) groups is 8. The minimum atomic E-state index is 0.657. The van der Waals surface area contributed by atoms with E-state index in [0.717, 1.165) is 46.6 Å². The Bertz CT molecular complexity index is 2550. The standard InChI is InChI=1S/C90H138O2S8/c1-7-13-19-25-31-37-43-49-67-91-83-75-82(66-64-78-57-61-80(62-58-78)74-86-99-89(95-71-53-47-41-35-29-23-17-11-5)90(100-86)96-72-54-48-42-36-30-24-18-12-6)84(92-68-50-44-38-32-26-20-14-8-2)76-81(83)65-63-77-55-59-79(60-56-77)73-85-97-87(93-69-51-45-39-33-27-21-15-9-3)88(98-85)94-70-52-46-40-34-28-22-16-10-4/h55-62,73-76H,7-54,67-72H2,1-6H3. The summed E-state index contributed by atoms with van der Waals surface area (Å²) in [5.41, 5.74) is 6.17. The monoisotopic (exact) mass is 1510 g/mol. The van der Waals surface area contributed by atoms with Crippen LogP contribution >= 0.6 is 94.1 Å². The first-order chi connectivity index (χ1) is 49.5. The van der Waals surface area contributed by atoms with E-state index in [-0.39, 0.29) is 0 Å². The molecule has 2 aliphatic rings. The fourth-order valence-corrected chi connectivity index (χ4v) is 24.2. The molecule has 2 aliphatic heterocycles. The van der Waals surface area contributed by atoms with Crippen LogP contribution in [0.2, 0.25) is 0 Å². The number of unbranched alkanes of at least 4 members (excludes halogenated alkanes) is 42. The minimum Gasteiger partial charge on any atom is -0.492 e. The Morgan fingerprint density at radius 1 is 0.270 bits per heavy atom. The van der Waals surface area contributed by atoms with E-state index in [4.69, 9.17) is 9.47 Å².